The largest absolute Gasteiger partial charge is 0.340 e. The van der Waals surface area contributed by atoms with Gasteiger partial charge in [-0.3, -0.25) is 14.6 Å². The van der Waals surface area contributed by atoms with E-state index in [-0.39, 0.29) is 24.3 Å². The molecule has 2 heterocycles. The van der Waals surface area contributed by atoms with Crippen molar-refractivity contribution in [3.8, 4) is 0 Å². The Bertz CT molecular complexity index is 568. The van der Waals surface area contributed by atoms with Gasteiger partial charge >= 0.3 is 0 Å². The van der Waals surface area contributed by atoms with E-state index in [1.807, 2.05) is 26.0 Å². The number of rotatable bonds is 3. The fourth-order valence-corrected chi connectivity index (χ4v) is 2.89. The molecule has 1 saturated carbocycles. The van der Waals surface area contributed by atoms with Crippen molar-refractivity contribution in [3.63, 3.8) is 0 Å². The van der Waals surface area contributed by atoms with Crippen LogP contribution >= 0.6 is 0 Å². The van der Waals surface area contributed by atoms with E-state index >= 15 is 0 Å². The van der Waals surface area contributed by atoms with Crippen molar-refractivity contribution in [1.29, 1.82) is 0 Å². The molecule has 2 aliphatic rings. The van der Waals surface area contributed by atoms with Gasteiger partial charge in [0.05, 0.1) is 12.2 Å². The second-order valence-corrected chi connectivity index (χ2v) is 5.95. The highest BCUT2D eigenvalue weighted by Crippen LogP contribution is 2.41. The van der Waals surface area contributed by atoms with Crippen LogP contribution in [0.25, 0.3) is 0 Å². The van der Waals surface area contributed by atoms with Gasteiger partial charge in [-0.15, -0.1) is 0 Å². The highest BCUT2D eigenvalue weighted by molar-refractivity contribution is 5.98. The molecule has 1 saturated heterocycles. The van der Waals surface area contributed by atoms with Crippen molar-refractivity contribution in [1.82, 2.24) is 15.2 Å². The van der Waals surface area contributed by atoms with Gasteiger partial charge in [0.15, 0.2) is 0 Å². The molecule has 1 aromatic heterocycles. The van der Waals surface area contributed by atoms with E-state index in [0.717, 1.165) is 24.1 Å². The number of pyridine rings is 1. The third-order valence-electron chi connectivity index (χ3n) is 4.32. The smallest absolute Gasteiger partial charge is 0.249 e. The Morgan fingerprint density at radius 1 is 1.45 bits per heavy atom. The van der Waals surface area contributed by atoms with Gasteiger partial charge in [0, 0.05) is 6.20 Å². The molecule has 0 radical (unpaired) electrons. The zero-order valence-electron chi connectivity index (χ0n) is 11.8. The number of hydrogen-bond acceptors (Lipinski definition) is 3. The van der Waals surface area contributed by atoms with Crippen molar-refractivity contribution in [2.75, 3.05) is 6.54 Å². The summed E-state index contributed by atoms with van der Waals surface area (Å²) in [6, 6.07) is 3.84. The number of piperazine rings is 1. The third kappa shape index (κ3) is 2.17. The molecule has 1 unspecified atom stereocenters. The second kappa shape index (κ2) is 4.58. The first-order valence-corrected chi connectivity index (χ1v) is 7.01. The van der Waals surface area contributed by atoms with E-state index in [4.69, 9.17) is 0 Å². The van der Waals surface area contributed by atoms with E-state index in [1.165, 1.54) is 0 Å². The molecule has 1 aliphatic heterocycles. The lowest BCUT2D eigenvalue weighted by atomic mass is 9.91. The summed E-state index contributed by atoms with van der Waals surface area (Å²) >= 11 is 0. The Hall–Kier alpha value is -1.91. The highest BCUT2D eigenvalue weighted by atomic mass is 16.2. The fourth-order valence-electron chi connectivity index (χ4n) is 2.89. The summed E-state index contributed by atoms with van der Waals surface area (Å²) in [6.07, 6.45) is 3.74. The number of aryl methyl sites for hydroxylation is 1. The number of nitrogens with zero attached hydrogens (tertiary/aromatic N) is 2. The topological polar surface area (TPSA) is 62.3 Å². The van der Waals surface area contributed by atoms with E-state index in [1.54, 1.807) is 11.1 Å². The molecule has 2 fully saturated rings. The molecule has 0 spiro atoms. The maximum absolute atomic E-state index is 12.7. The van der Waals surface area contributed by atoms with Crippen LogP contribution in [0, 0.1) is 12.8 Å². The van der Waals surface area contributed by atoms with E-state index in [9.17, 15) is 9.59 Å². The Morgan fingerprint density at radius 2 is 2.20 bits per heavy atom. The van der Waals surface area contributed by atoms with Crippen LogP contribution in [0.3, 0.4) is 0 Å². The average molecular weight is 273 g/mol. The van der Waals surface area contributed by atoms with E-state index < -0.39 is 5.54 Å². The zero-order valence-corrected chi connectivity index (χ0v) is 11.8. The lowest BCUT2D eigenvalue weighted by Crippen LogP contribution is -2.66. The van der Waals surface area contributed by atoms with Crippen LogP contribution in [0.1, 0.15) is 31.0 Å². The predicted molar refractivity (Wildman–Crippen MR) is 73.7 cm³/mol. The molecular formula is C15H19N3O2. The van der Waals surface area contributed by atoms with Crippen molar-refractivity contribution in [3.05, 3.63) is 29.6 Å². The maximum Gasteiger partial charge on any atom is 0.249 e. The van der Waals surface area contributed by atoms with Crippen LogP contribution in [-0.2, 0) is 16.1 Å². The molecular weight excluding hydrogens is 254 g/mol. The first-order chi connectivity index (χ1) is 9.50. The van der Waals surface area contributed by atoms with Crippen molar-refractivity contribution < 1.29 is 9.59 Å². The quantitative estimate of drug-likeness (QED) is 0.894. The minimum atomic E-state index is -0.724. The van der Waals surface area contributed by atoms with Crippen LogP contribution in [0.2, 0.25) is 0 Å². The summed E-state index contributed by atoms with van der Waals surface area (Å²) in [5.41, 5.74) is 1.17. The first-order valence-electron chi connectivity index (χ1n) is 7.01. The molecule has 20 heavy (non-hydrogen) atoms. The minimum absolute atomic E-state index is 0.0182. The van der Waals surface area contributed by atoms with Crippen LogP contribution in [0.4, 0.5) is 0 Å². The zero-order chi connectivity index (χ0) is 14.3. The Kier molecular flexibility index (Phi) is 3.00. The number of carbonyl (C=O) groups excluding carboxylic acids is 2. The molecule has 106 valence electrons. The van der Waals surface area contributed by atoms with Gasteiger partial charge in [-0.25, -0.2) is 0 Å². The van der Waals surface area contributed by atoms with Gasteiger partial charge in [-0.1, -0.05) is 6.07 Å². The summed E-state index contributed by atoms with van der Waals surface area (Å²) < 4.78 is 0. The van der Waals surface area contributed by atoms with Crippen molar-refractivity contribution >= 4 is 11.8 Å². The number of aromatic nitrogens is 1. The van der Waals surface area contributed by atoms with Gasteiger partial charge in [-0.05, 0) is 44.2 Å². The van der Waals surface area contributed by atoms with Gasteiger partial charge in [0.25, 0.3) is 0 Å². The number of hydrogen-bond donors (Lipinski definition) is 1. The van der Waals surface area contributed by atoms with Gasteiger partial charge in [-0.2, -0.15) is 0 Å². The molecule has 1 atom stereocenters. The summed E-state index contributed by atoms with van der Waals surface area (Å²) in [5, 5.41) is 2.88. The predicted octanol–water partition coefficient (Wildman–Crippen LogP) is 1.02. The Balaban J connectivity index is 1.84. The summed E-state index contributed by atoms with van der Waals surface area (Å²) in [5.74, 6) is 0.226. The molecule has 0 aromatic carbocycles. The van der Waals surface area contributed by atoms with Crippen molar-refractivity contribution in [2.24, 2.45) is 5.92 Å². The van der Waals surface area contributed by atoms with Crippen LogP contribution in [-0.4, -0.2) is 33.8 Å². The maximum atomic E-state index is 12.7. The molecule has 2 amide bonds. The number of amides is 2. The lowest BCUT2D eigenvalue weighted by Gasteiger charge is -2.40. The summed E-state index contributed by atoms with van der Waals surface area (Å²) in [7, 11) is 0. The molecule has 3 rings (SSSR count). The molecule has 0 bridgehead atoms. The second-order valence-electron chi connectivity index (χ2n) is 5.95. The molecule has 1 N–H and O–H groups in total. The highest BCUT2D eigenvalue weighted by Gasteiger charge is 2.52. The standard InChI is InChI=1S/C15H19N3O2/c1-10-4-3-7-16-12(10)8-18-9-13(19)17-15(2,14(18)20)11-5-6-11/h3-4,7,11H,5-6,8-9H2,1-2H3,(H,17,19). The van der Waals surface area contributed by atoms with E-state index in [0.29, 0.717) is 6.54 Å². The monoisotopic (exact) mass is 273 g/mol. The summed E-state index contributed by atoms with van der Waals surface area (Å²) in [6.45, 7) is 4.34. The van der Waals surface area contributed by atoms with Gasteiger partial charge in [0.1, 0.15) is 12.1 Å². The summed E-state index contributed by atoms with van der Waals surface area (Å²) in [4.78, 5) is 30.5. The number of nitrogens with one attached hydrogen (secondary N) is 1. The Morgan fingerprint density at radius 3 is 2.85 bits per heavy atom. The van der Waals surface area contributed by atoms with Crippen LogP contribution in [0.15, 0.2) is 18.3 Å². The third-order valence-corrected chi connectivity index (χ3v) is 4.32. The van der Waals surface area contributed by atoms with Crippen LogP contribution in [0.5, 0.6) is 0 Å². The van der Waals surface area contributed by atoms with Crippen LogP contribution < -0.4 is 5.32 Å². The molecule has 1 aromatic rings. The first kappa shape index (κ1) is 13.1. The SMILES string of the molecule is Cc1cccnc1CN1CC(=O)NC(C)(C2CC2)C1=O. The minimum Gasteiger partial charge on any atom is -0.340 e. The Labute approximate surface area is 118 Å². The normalized spacial score (nSPS) is 26.6. The lowest BCUT2D eigenvalue weighted by molar-refractivity contribution is -0.150. The van der Waals surface area contributed by atoms with E-state index in [2.05, 4.69) is 10.3 Å². The molecule has 5 nitrogen and oxygen atoms in total. The van der Waals surface area contributed by atoms with Crippen molar-refractivity contribution in [2.45, 2.75) is 38.8 Å². The average Bonchev–Trinajstić information content (AvgIpc) is 3.22. The fraction of sp³-hybridized carbons (Fsp3) is 0.533. The molecule has 5 heteroatoms. The number of carbonyl (C=O) groups is 2. The van der Waals surface area contributed by atoms with Gasteiger partial charge < -0.3 is 10.2 Å². The van der Waals surface area contributed by atoms with Gasteiger partial charge in [0.2, 0.25) is 11.8 Å². The molecule has 1 aliphatic carbocycles.